The zero-order valence-corrected chi connectivity index (χ0v) is 14.3. The van der Waals surface area contributed by atoms with E-state index in [0.717, 1.165) is 0 Å². The molecule has 4 heteroatoms. The molecule has 2 heterocycles. The Hall–Kier alpha value is -1.58. The summed E-state index contributed by atoms with van der Waals surface area (Å²) < 4.78 is 3.66. The second kappa shape index (κ2) is 9.34. The smallest absolute Gasteiger partial charge is 0.0524 e. The summed E-state index contributed by atoms with van der Waals surface area (Å²) in [6, 6.07) is 0. The molecule has 2 aromatic heterocycles. The van der Waals surface area contributed by atoms with Crippen LogP contribution in [0.1, 0.15) is 64.5 Å². The molecular weight excluding hydrogens is 248 g/mol. The van der Waals surface area contributed by atoms with E-state index in [1.54, 1.807) is 0 Å². The van der Waals surface area contributed by atoms with Crippen LogP contribution in [-0.4, -0.2) is 19.6 Å². The first-order valence-corrected chi connectivity index (χ1v) is 7.37. The van der Waals surface area contributed by atoms with Crippen LogP contribution in [0.2, 0.25) is 0 Å². The molecule has 0 aliphatic carbocycles. The molecule has 20 heavy (non-hydrogen) atoms. The van der Waals surface area contributed by atoms with E-state index in [1.165, 1.54) is 11.1 Å². The Labute approximate surface area is 123 Å². The van der Waals surface area contributed by atoms with Gasteiger partial charge in [-0.15, -0.1) is 0 Å². The molecule has 114 valence electrons. The summed E-state index contributed by atoms with van der Waals surface area (Å²) in [5, 5.41) is 8.11. The quantitative estimate of drug-likeness (QED) is 0.828. The van der Waals surface area contributed by atoms with E-state index in [-0.39, 0.29) is 0 Å². The largest absolute Gasteiger partial charge is 0.276 e. The van der Waals surface area contributed by atoms with Gasteiger partial charge in [0.25, 0.3) is 0 Å². The number of hydrogen-bond acceptors (Lipinski definition) is 2. The van der Waals surface area contributed by atoms with Crippen LogP contribution in [-0.2, 0) is 14.1 Å². The fourth-order valence-corrected chi connectivity index (χ4v) is 1.48. The molecule has 0 saturated heterocycles. The third kappa shape index (κ3) is 6.55. The molecule has 0 aliphatic heterocycles. The third-order valence-corrected chi connectivity index (χ3v) is 2.78. The Morgan fingerprint density at radius 2 is 1.05 bits per heavy atom. The van der Waals surface area contributed by atoms with E-state index in [0.29, 0.717) is 11.8 Å². The zero-order chi connectivity index (χ0) is 15.7. The van der Waals surface area contributed by atoms with Crippen LogP contribution in [0.25, 0.3) is 0 Å². The SMILES string of the molecule is CC.CC(C)c1cnn(C)c1.CC(C)c1cnn(C)c1. The summed E-state index contributed by atoms with van der Waals surface area (Å²) in [4.78, 5) is 0. The lowest BCUT2D eigenvalue weighted by atomic mass is 10.1. The second-order valence-electron chi connectivity index (χ2n) is 5.20. The highest BCUT2D eigenvalue weighted by Gasteiger charge is 1.99. The molecule has 0 aliphatic rings. The van der Waals surface area contributed by atoms with Crippen molar-refractivity contribution in [2.75, 3.05) is 0 Å². The van der Waals surface area contributed by atoms with Crippen LogP contribution < -0.4 is 0 Å². The Kier molecular flexibility index (Phi) is 8.61. The topological polar surface area (TPSA) is 35.6 Å². The summed E-state index contributed by atoms with van der Waals surface area (Å²) >= 11 is 0. The van der Waals surface area contributed by atoms with Crippen LogP contribution in [0.5, 0.6) is 0 Å². The minimum absolute atomic E-state index is 0.596. The zero-order valence-electron chi connectivity index (χ0n) is 14.3. The predicted molar refractivity (Wildman–Crippen MR) is 85.9 cm³/mol. The second-order valence-corrected chi connectivity index (χ2v) is 5.20. The van der Waals surface area contributed by atoms with Gasteiger partial charge in [-0.3, -0.25) is 9.36 Å². The van der Waals surface area contributed by atoms with Gasteiger partial charge in [0.2, 0.25) is 0 Å². The summed E-state index contributed by atoms with van der Waals surface area (Å²) in [6.07, 6.45) is 7.91. The van der Waals surface area contributed by atoms with Crippen LogP contribution in [0.15, 0.2) is 24.8 Å². The first-order chi connectivity index (χ1) is 9.40. The average Bonchev–Trinajstić information content (AvgIpc) is 3.01. The van der Waals surface area contributed by atoms with E-state index in [4.69, 9.17) is 0 Å². The highest BCUT2D eigenvalue weighted by Crippen LogP contribution is 2.11. The normalized spacial score (nSPS) is 9.90. The maximum absolute atomic E-state index is 4.05. The number of hydrogen-bond donors (Lipinski definition) is 0. The monoisotopic (exact) mass is 278 g/mol. The van der Waals surface area contributed by atoms with Gasteiger partial charge in [0.15, 0.2) is 0 Å². The molecule has 0 saturated carbocycles. The number of rotatable bonds is 2. The highest BCUT2D eigenvalue weighted by molar-refractivity contribution is 5.08. The summed E-state index contributed by atoms with van der Waals surface area (Å²) in [7, 11) is 3.87. The summed E-state index contributed by atoms with van der Waals surface area (Å²) in [6.45, 7) is 12.7. The minimum Gasteiger partial charge on any atom is -0.276 e. The highest BCUT2D eigenvalue weighted by atomic mass is 15.2. The lowest BCUT2D eigenvalue weighted by molar-refractivity contribution is 0.764. The lowest BCUT2D eigenvalue weighted by Crippen LogP contribution is -1.85. The Bertz CT molecular complexity index is 422. The van der Waals surface area contributed by atoms with Crippen LogP contribution in [0.4, 0.5) is 0 Å². The van der Waals surface area contributed by atoms with Gasteiger partial charge in [-0.2, -0.15) is 10.2 Å². The Morgan fingerprint density at radius 3 is 1.15 bits per heavy atom. The molecule has 4 nitrogen and oxygen atoms in total. The molecule has 0 aromatic carbocycles. The molecule has 0 fully saturated rings. The van der Waals surface area contributed by atoms with Crippen molar-refractivity contribution in [3.8, 4) is 0 Å². The van der Waals surface area contributed by atoms with Crippen LogP contribution in [0.3, 0.4) is 0 Å². The first kappa shape index (κ1) is 18.4. The Morgan fingerprint density at radius 1 is 0.750 bits per heavy atom. The molecule has 2 rings (SSSR count). The van der Waals surface area contributed by atoms with E-state index < -0.39 is 0 Å². The maximum atomic E-state index is 4.05. The molecule has 0 radical (unpaired) electrons. The van der Waals surface area contributed by atoms with Crippen molar-refractivity contribution in [2.45, 2.75) is 53.4 Å². The van der Waals surface area contributed by atoms with Crippen molar-refractivity contribution in [3.63, 3.8) is 0 Å². The van der Waals surface area contributed by atoms with Crippen molar-refractivity contribution in [2.24, 2.45) is 14.1 Å². The number of aromatic nitrogens is 4. The summed E-state index contributed by atoms with van der Waals surface area (Å²) in [5.74, 6) is 1.19. The van der Waals surface area contributed by atoms with Gasteiger partial charge in [0, 0.05) is 26.5 Å². The van der Waals surface area contributed by atoms with Crippen molar-refractivity contribution < 1.29 is 0 Å². The van der Waals surface area contributed by atoms with Crippen molar-refractivity contribution in [3.05, 3.63) is 35.9 Å². The Balaban J connectivity index is 0.000000321. The molecule has 0 bridgehead atoms. The van der Waals surface area contributed by atoms with Crippen LogP contribution >= 0.6 is 0 Å². The molecule has 0 spiro atoms. The summed E-state index contributed by atoms with van der Waals surface area (Å²) in [5.41, 5.74) is 2.61. The average molecular weight is 278 g/mol. The lowest BCUT2D eigenvalue weighted by Gasteiger charge is -1.95. The minimum atomic E-state index is 0.596. The molecule has 0 unspecified atom stereocenters. The maximum Gasteiger partial charge on any atom is 0.0524 e. The third-order valence-electron chi connectivity index (χ3n) is 2.78. The van der Waals surface area contributed by atoms with E-state index >= 15 is 0 Å². The van der Waals surface area contributed by atoms with Gasteiger partial charge in [-0.05, 0) is 23.0 Å². The fourth-order valence-electron chi connectivity index (χ4n) is 1.48. The van der Waals surface area contributed by atoms with Crippen molar-refractivity contribution in [1.82, 2.24) is 19.6 Å². The van der Waals surface area contributed by atoms with E-state index in [1.807, 2.05) is 62.1 Å². The molecular formula is C16H30N4. The van der Waals surface area contributed by atoms with E-state index in [2.05, 4.69) is 37.9 Å². The van der Waals surface area contributed by atoms with Gasteiger partial charge in [-0.1, -0.05) is 41.5 Å². The van der Waals surface area contributed by atoms with Gasteiger partial charge in [0.05, 0.1) is 12.4 Å². The van der Waals surface area contributed by atoms with Gasteiger partial charge in [-0.25, -0.2) is 0 Å². The van der Waals surface area contributed by atoms with E-state index in [9.17, 15) is 0 Å². The van der Waals surface area contributed by atoms with Crippen LogP contribution in [0, 0.1) is 0 Å². The standard InChI is InChI=1S/2C7H12N2.C2H6/c2*1-6(2)7-4-8-9(3)5-7;1-2/h2*4-6H,1-3H3;1-2H3. The number of nitrogens with zero attached hydrogens (tertiary/aromatic N) is 4. The fraction of sp³-hybridized carbons (Fsp3) is 0.625. The number of aryl methyl sites for hydroxylation is 2. The van der Waals surface area contributed by atoms with Crippen molar-refractivity contribution in [1.29, 1.82) is 0 Å². The molecule has 0 atom stereocenters. The molecule has 0 N–H and O–H groups in total. The van der Waals surface area contributed by atoms with Gasteiger partial charge < -0.3 is 0 Å². The molecule has 0 amide bonds. The van der Waals surface area contributed by atoms with Gasteiger partial charge in [0.1, 0.15) is 0 Å². The molecule has 2 aromatic rings. The van der Waals surface area contributed by atoms with Gasteiger partial charge >= 0.3 is 0 Å². The first-order valence-electron chi connectivity index (χ1n) is 7.37. The van der Waals surface area contributed by atoms with Crippen molar-refractivity contribution >= 4 is 0 Å². The predicted octanol–water partition coefficient (Wildman–Crippen LogP) is 4.11.